The summed E-state index contributed by atoms with van der Waals surface area (Å²) in [7, 11) is 1.75. The van der Waals surface area contributed by atoms with Crippen molar-refractivity contribution < 1.29 is 9.59 Å². The van der Waals surface area contributed by atoms with Gasteiger partial charge in [0, 0.05) is 18.8 Å². The van der Waals surface area contributed by atoms with E-state index in [0.717, 1.165) is 5.56 Å². The highest BCUT2D eigenvalue weighted by Crippen LogP contribution is 2.28. The smallest absolute Gasteiger partial charge is 0.177 e. The van der Waals surface area contributed by atoms with Crippen LogP contribution >= 0.6 is 0 Å². The number of aromatic nitrogens is 2. The summed E-state index contributed by atoms with van der Waals surface area (Å²) in [5, 5.41) is 3.97. The molecule has 1 heterocycles. The summed E-state index contributed by atoms with van der Waals surface area (Å²) in [6, 6.07) is 7.41. The minimum atomic E-state index is -0.577. The van der Waals surface area contributed by atoms with Crippen molar-refractivity contribution in [3.63, 3.8) is 0 Å². The lowest BCUT2D eigenvalue weighted by Gasteiger charge is -2.03. The quantitative estimate of drug-likeness (QED) is 0.592. The van der Waals surface area contributed by atoms with Crippen LogP contribution in [0.5, 0.6) is 0 Å². The van der Waals surface area contributed by atoms with E-state index in [1.165, 1.54) is 6.20 Å². The number of Topliss-reactive ketones (excluding diaryl/α,β-unsaturated/α-hetero) is 2. The van der Waals surface area contributed by atoms with Gasteiger partial charge in [-0.05, 0) is 12.0 Å². The Bertz CT molecular complexity index is 643. The number of rotatable bonds is 2. The van der Waals surface area contributed by atoms with Crippen LogP contribution in [0.3, 0.4) is 0 Å². The molecule has 18 heavy (non-hydrogen) atoms. The fraction of sp³-hybridized carbons (Fsp3) is 0.214. The first-order valence-corrected chi connectivity index (χ1v) is 5.82. The van der Waals surface area contributed by atoms with Crippen molar-refractivity contribution in [2.45, 2.75) is 6.42 Å². The molecule has 1 unspecified atom stereocenters. The SMILES string of the molecule is Cn1cc(C(=O)C2Cc3ccccc3C2=O)cn1. The van der Waals surface area contributed by atoms with E-state index in [1.54, 1.807) is 24.0 Å². The van der Waals surface area contributed by atoms with Crippen LogP contribution in [0.1, 0.15) is 26.3 Å². The van der Waals surface area contributed by atoms with E-state index >= 15 is 0 Å². The van der Waals surface area contributed by atoms with Gasteiger partial charge in [-0.3, -0.25) is 14.3 Å². The van der Waals surface area contributed by atoms with Crippen LogP contribution in [0, 0.1) is 5.92 Å². The number of ketones is 2. The van der Waals surface area contributed by atoms with Gasteiger partial charge in [0.25, 0.3) is 0 Å². The largest absolute Gasteiger partial charge is 0.293 e. The molecule has 2 aromatic rings. The molecule has 0 saturated heterocycles. The predicted molar refractivity (Wildman–Crippen MR) is 65.5 cm³/mol. The van der Waals surface area contributed by atoms with E-state index in [9.17, 15) is 9.59 Å². The molecule has 0 aliphatic heterocycles. The molecular formula is C14H12N2O2. The number of carbonyl (C=O) groups is 2. The molecular weight excluding hydrogens is 228 g/mol. The van der Waals surface area contributed by atoms with Crippen LogP contribution in [-0.2, 0) is 13.5 Å². The Morgan fingerprint density at radius 3 is 2.83 bits per heavy atom. The standard InChI is InChI=1S/C14H12N2O2/c1-16-8-10(7-15-16)13(17)12-6-9-4-2-3-5-11(9)14(12)18/h2-5,7-8,12H,6H2,1H3. The number of fused-ring (bicyclic) bond motifs is 1. The van der Waals surface area contributed by atoms with Gasteiger partial charge < -0.3 is 0 Å². The molecule has 0 amide bonds. The van der Waals surface area contributed by atoms with Crippen molar-refractivity contribution in [1.29, 1.82) is 0 Å². The molecule has 1 aliphatic rings. The van der Waals surface area contributed by atoms with Gasteiger partial charge in [-0.1, -0.05) is 24.3 Å². The topological polar surface area (TPSA) is 52.0 Å². The van der Waals surface area contributed by atoms with Crippen LogP contribution in [-0.4, -0.2) is 21.3 Å². The molecule has 0 fully saturated rings. The van der Waals surface area contributed by atoms with E-state index in [-0.39, 0.29) is 11.6 Å². The summed E-state index contributed by atoms with van der Waals surface area (Å²) in [6.07, 6.45) is 3.67. The summed E-state index contributed by atoms with van der Waals surface area (Å²) in [5.74, 6) is -0.782. The highest BCUT2D eigenvalue weighted by atomic mass is 16.2. The maximum Gasteiger partial charge on any atom is 0.177 e. The third-order valence-electron chi connectivity index (χ3n) is 3.33. The minimum Gasteiger partial charge on any atom is -0.293 e. The molecule has 4 heteroatoms. The Hall–Kier alpha value is -2.23. The van der Waals surface area contributed by atoms with E-state index in [4.69, 9.17) is 0 Å². The zero-order valence-corrected chi connectivity index (χ0v) is 9.96. The van der Waals surface area contributed by atoms with Crippen molar-refractivity contribution in [1.82, 2.24) is 9.78 Å². The Labute approximate surface area is 104 Å². The average Bonchev–Trinajstić information content (AvgIpc) is 2.94. The summed E-state index contributed by atoms with van der Waals surface area (Å²) in [6.45, 7) is 0. The molecule has 90 valence electrons. The van der Waals surface area contributed by atoms with Gasteiger partial charge in [-0.2, -0.15) is 5.10 Å². The fourth-order valence-electron chi connectivity index (χ4n) is 2.40. The third kappa shape index (κ3) is 1.57. The first-order valence-electron chi connectivity index (χ1n) is 5.82. The Kier molecular flexibility index (Phi) is 2.37. The third-order valence-corrected chi connectivity index (χ3v) is 3.33. The number of carbonyl (C=O) groups excluding carboxylic acids is 2. The van der Waals surface area contributed by atoms with Gasteiger partial charge >= 0.3 is 0 Å². The molecule has 0 N–H and O–H groups in total. The van der Waals surface area contributed by atoms with Gasteiger partial charge in [0.15, 0.2) is 11.6 Å². The highest BCUT2D eigenvalue weighted by Gasteiger charge is 2.36. The number of hydrogen-bond donors (Lipinski definition) is 0. The number of hydrogen-bond acceptors (Lipinski definition) is 3. The molecule has 3 rings (SSSR count). The van der Waals surface area contributed by atoms with E-state index in [0.29, 0.717) is 17.5 Å². The first kappa shape index (κ1) is 10.9. The summed E-state index contributed by atoms with van der Waals surface area (Å²) in [5.41, 5.74) is 2.15. The Morgan fingerprint density at radius 1 is 1.39 bits per heavy atom. The molecule has 0 spiro atoms. The first-order chi connectivity index (χ1) is 8.66. The second-order valence-electron chi connectivity index (χ2n) is 4.55. The molecule has 1 aliphatic carbocycles. The van der Waals surface area contributed by atoms with Crippen LogP contribution < -0.4 is 0 Å². The molecule has 0 bridgehead atoms. The van der Waals surface area contributed by atoms with Crippen LogP contribution in [0.25, 0.3) is 0 Å². The van der Waals surface area contributed by atoms with Crippen LogP contribution in [0.4, 0.5) is 0 Å². The van der Waals surface area contributed by atoms with Crippen molar-refractivity contribution >= 4 is 11.6 Å². The van der Waals surface area contributed by atoms with Gasteiger partial charge in [0.2, 0.25) is 0 Å². The summed E-state index contributed by atoms with van der Waals surface area (Å²) < 4.78 is 1.57. The monoisotopic (exact) mass is 240 g/mol. The van der Waals surface area contributed by atoms with Crippen molar-refractivity contribution in [3.05, 3.63) is 53.3 Å². The highest BCUT2D eigenvalue weighted by molar-refractivity contribution is 6.18. The lowest BCUT2D eigenvalue weighted by atomic mass is 9.96. The molecule has 0 radical (unpaired) electrons. The summed E-state index contributed by atoms with van der Waals surface area (Å²) in [4.78, 5) is 24.4. The van der Waals surface area contributed by atoms with Crippen molar-refractivity contribution in [2.24, 2.45) is 13.0 Å². The zero-order valence-electron chi connectivity index (χ0n) is 9.96. The predicted octanol–water partition coefficient (Wildman–Crippen LogP) is 1.66. The normalized spacial score (nSPS) is 17.8. The van der Waals surface area contributed by atoms with Gasteiger partial charge in [0.05, 0.1) is 17.7 Å². The molecule has 0 saturated carbocycles. The lowest BCUT2D eigenvalue weighted by molar-refractivity contribution is 0.0822. The number of nitrogens with zero attached hydrogens (tertiary/aromatic N) is 2. The molecule has 1 atom stereocenters. The van der Waals surface area contributed by atoms with Gasteiger partial charge in [-0.15, -0.1) is 0 Å². The van der Waals surface area contributed by atoms with Crippen molar-refractivity contribution in [2.75, 3.05) is 0 Å². The van der Waals surface area contributed by atoms with E-state index in [2.05, 4.69) is 5.10 Å². The van der Waals surface area contributed by atoms with Crippen LogP contribution in [0.2, 0.25) is 0 Å². The zero-order chi connectivity index (χ0) is 12.7. The molecule has 1 aromatic carbocycles. The number of benzene rings is 1. The average molecular weight is 240 g/mol. The Morgan fingerprint density at radius 2 is 2.17 bits per heavy atom. The van der Waals surface area contributed by atoms with Crippen molar-refractivity contribution in [3.8, 4) is 0 Å². The van der Waals surface area contributed by atoms with Gasteiger partial charge in [0.1, 0.15) is 0 Å². The molecule has 1 aromatic heterocycles. The maximum absolute atomic E-state index is 12.3. The van der Waals surface area contributed by atoms with Gasteiger partial charge in [-0.25, -0.2) is 0 Å². The number of aryl methyl sites for hydroxylation is 1. The Balaban J connectivity index is 1.93. The van der Waals surface area contributed by atoms with Crippen LogP contribution in [0.15, 0.2) is 36.7 Å². The lowest BCUT2D eigenvalue weighted by Crippen LogP contribution is -2.20. The van der Waals surface area contributed by atoms with E-state index < -0.39 is 5.92 Å². The minimum absolute atomic E-state index is 0.0700. The second kappa shape index (κ2) is 3.91. The van der Waals surface area contributed by atoms with E-state index in [1.807, 2.05) is 18.2 Å². The second-order valence-corrected chi connectivity index (χ2v) is 4.55. The fourth-order valence-corrected chi connectivity index (χ4v) is 2.40. The summed E-state index contributed by atoms with van der Waals surface area (Å²) >= 11 is 0. The molecule has 4 nitrogen and oxygen atoms in total. The maximum atomic E-state index is 12.3.